The monoisotopic (exact) mass is 434 g/mol. The quantitative estimate of drug-likeness (QED) is 0.287. The molecular formula is C22H14N2O8. The van der Waals surface area contributed by atoms with Gasteiger partial charge < -0.3 is 13.9 Å². The summed E-state index contributed by atoms with van der Waals surface area (Å²) in [6, 6.07) is 16.1. The average molecular weight is 434 g/mol. The Morgan fingerprint density at radius 2 is 1.59 bits per heavy atom. The van der Waals surface area contributed by atoms with Gasteiger partial charge in [-0.15, -0.1) is 0 Å². The van der Waals surface area contributed by atoms with Crippen molar-refractivity contribution in [3.8, 4) is 23.0 Å². The summed E-state index contributed by atoms with van der Waals surface area (Å²) in [5.41, 5.74) is -1.20. The van der Waals surface area contributed by atoms with Gasteiger partial charge in [0.15, 0.2) is 0 Å². The molecule has 0 radical (unpaired) electrons. The molecular weight excluding hydrogens is 420 g/mol. The summed E-state index contributed by atoms with van der Waals surface area (Å²) < 4.78 is 17.0. The van der Waals surface area contributed by atoms with Crippen molar-refractivity contribution in [1.29, 1.82) is 0 Å². The third-order valence-corrected chi connectivity index (χ3v) is 4.53. The van der Waals surface area contributed by atoms with Crippen LogP contribution in [-0.4, -0.2) is 9.85 Å². The standard InChI is InChI=1S/C22H14N2O8/c1-13-22(32-15-5-3-2-4-6-15)21(25)17-9-8-16(12-20(17)30-13)31-19-10-7-14(23(26)27)11-18(19)24(28)29/h2-12H,1H3. The molecule has 1 heterocycles. The SMILES string of the molecule is Cc1oc2cc(Oc3ccc([N+](=O)[O-])cc3[N+](=O)[O-])ccc2c(=O)c1Oc1ccccc1. The van der Waals surface area contributed by atoms with Crippen molar-refractivity contribution in [2.24, 2.45) is 0 Å². The van der Waals surface area contributed by atoms with Crippen LogP contribution >= 0.6 is 0 Å². The summed E-state index contributed by atoms with van der Waals surface area (Å²) in [6.45, 7) is 1.58. The van der Waals surface area contributed by atoms with Gasteiger partial charge in [0.25, 0.3) is 5.69 Å². The summed E-state index contributed by atoms with van der Waals surface area (Å²) in [5.74, 6) is 0.720. The van der Waals surface area contributed by atoms with E-state index in [0.29, 0.717) is 5.75 Å². The summed E-state index contributed by atoms with van der Waals surface area (Å²) in [5, 5.41) is 22.4. The van der Waals surface area contributed by atoms with E-state index in [9.17, 15) is 25.0 Å². The molecule has 160 valence electrons. The van der Waals surface area contributed by atoms with Gasteiger partial charge in [-0.1, -0.05) is 18.2 Å². The molecule has 10 heteroatoms. The molecule has 0 aliphatic rings. The molecule has 0 unspecified atom stereocenters. The van der Waals surface area contributed by atoms with Gasteiger partial charge in [-0.3, -0.25) is 25.0 Å². The molecule has 0 saturated heterocycles. The van der Waals surface area contributed by atoms with Crippen LogP contribution in [0.2, 0.25) is 0 Å². The Morgan fingerprint density at radius 3 is 2.28 bits per heavy atom. The van der Waals surface area contributed by atoms with Gasteiger partial charge in [0.1, 0.15) is 22.8 Å². The second-order valence-electron chi connectivity index (χ2n) is 6.66. The van der Waals surface area contributed by atoms with E-state index in [-0.39, 0.29) is 39.4 Å². The maximum absolute atomic E-state index is 12.9. The van der Waals surface area contributed by atoms with Gasteiger partial charge in [-0.25, -0.2) is 0 Å². The lowest BCUT2D eigenvalue weighted by molar-refractivity contribution is -0.394. The van der Waals surface area contributed by atoms with Crippen LogP contribution in [0.5, 0.6) is 23.0 Å². The summed E-state index contributed by atoms with van der Waals surface area (Å²) in [4.78, 5) is 33.6. The largest absolute Gasteiger partial charge is 0.457 e. The van der Waals surface area contributed by atoms with Gasteiger partial charge >= 0.3 is 5.69 Å². The molecule has 4 rings (SSSR count). The van der Waals surface area contributed by atoms with Crippen LogP contribution in [-0.2, 0) is 0 Å². The molecule has 0 saturated carbocycles. The first-order valence-electron chi connectivity index (χ1n) is 9.24. The highest BCUT2D eigenvalue weighted by atomic mass is 16.6. The maximum atomic E-state index is 12.9. The highest BCUT2D eigenvalue weighted by molar-refractivity contribution is 5.80. The highest BCUT2D eigenvalue weighted by Crippen LogP contribution is 2.35. The van der Waals surface area contributed by atoms with E-state index in [0.717, 1.165) is 18.2 Å². The molecule has 0 aliphatic heterocycles. The van der Waals surface area contributed by atoms with Gasteiger partial charge in [-0.2, -0.15) is 0 Å². The minimum atomic E-state index is -0.777. The fraction of sp³-hybridized carbons (Fsp3) is 0.0455. The van der Waals surface area contributed by atoms with Crippen LogP contribution in [0.15, 0.2) is 75.9 Å². The normalized spacial score (nSPS) is 10.7. The topological polar surface area (TPSA) is 135 Å². The van der Waals surface area contributed by atoms with E-state index in [2.05, 4.69) is 0 Å². The smallest absolute Gasteiger partial charge is 0.318 e. The summed E-state index contributed by atoms with van der Waals surface area (Å²) in [7, 11) is 0. The van der Waals surface area contributed by atoms with Crippen molar-refractivity contribution < 1.29 is 23.7 Å². The number of aryl methyl sites for hydroxylation is 1. The molecule has 0 N–H and O–H groups in total. The Morgan fingerprint density at radius 1 is 0.844 bits per heavy atom. The van der Waals surface area contributed by atoms with Gasteiger partial charge in [-0.05, 0) is 37.3 Å². The van der Waals surface area contributed by atoms with Crippen LogP contribution < -0.4 is 14.9 Å². The molecule has 0 bridgehead atoms. The van der Waals surface area contributed by atoms with Gasteiger partial charge in [0, 0.05) is 12.1 Å². The average Bonchev–Trinajstić information content (AvgIpc) is 2.77. The number of hydrogen-bond donors (Lipinski definition) is 0. The third-order valence-electron chi connectivity index (χ3n) is 4.53. The maximum Gasteiger partial charge on any atom is 0.318 e. The fourth-order valence-corrected chi connectivity index (χ4v) is 3.03. The number of nitrogens with zero attached hydrogens (tertiary/aromatic N) is 2. The first-order valence-corrected chi connectivity index (χ1v) is 9.24. The van der Waals surface area contributed by atoms with Crippen LogP contribution in [0, 0.1) is 27.2 Å². The fourth-order valence-electron chi connectivity index (χ4n) is 3.03. The van der Waals surface area contributed by atoms with Crippen molar-refractivity contribution >= 4 is 22.3 Å². The molecule has 32 heavy (non-hydrogen) atoms. The number of nitro benzene ring substituents is 2. The third kappa shape index (κ3) is 3.97. The van der Waals surface area contributed by atoms with E-state index in [1.165, 1.54) is 18.2 Å². The highest BCUT2D eigenvalue weighted by Gasteiger charge is 2.22. The van der Waals surface area contributed by atoms with Crippen LogP contribution in [0.3, 0.4) is 0 Å². The van der Waals surface area contributed by atoms with E-state index >= 15 is 0 Å². The Bertz CT molecular complexity index is 1410. The van der Waals surface area contributed by atoms with E-state index < -0.39 is 21.2 Å². The Balaban J connectivity index is 1.71. The van der Waals surface area contributed by atoms with Crippen LogP contribution in [0.1, 0.15) is 5.76 Å². The van der Waals surface area contributed by atoms with Crippen molar-refractivity contribution in [1.82, 2.24) is 0 Å². The zero-order valence-corrected chi connectivity index (χ0v) is 16.5. The Hall–Kier alpha value is -4.73. The molecule has 0 amide bonds. The zero-order valence-electron chi connectivity index (χ0n) is 16.5. The lowest BCUT2D eigenvalue weighted by Gasteiger charge is -2.10. The molecule has 3 aromatic carbocycles. The second-order valence-corrected chi connectivity index (χ2v) is 6.66. The first-order chi connectivity index (χ1) is 15.3. The van der Waals surface area contributed by atoms with Crippen molar-refractivity contribution in [3.63, 3.8) is 0 Å². The van der Waals surface area contributed by atoms with E-state index in [1.807, 2.05) is 6.07 Å². The van der Waals surface area contributed by atoms with Crippen molar-refractivity contribution in [3.05, 3.63) is 103 Å². The summed E-state index contributed by atoms with van der Waals surface area (Å²) in [6.07, 6.45) is 0. The van der Waals surface area contributed by atoms with E-state index in [1.54, 1.807) is 31.2 Å². The number of nitro groups is 2. The van der Waals surface area contributed by atoms with Crippen molar-refractivity contribution in [2.75, 3.05) is 0 Å². The molecule has 0 atom stereocenters. The molecule has 1 aromatic heterocycles. The number of fused-ring (bicyclic) bond motifs is 1. The minimum Gasteiger partial charge on any atom is -0.457 e. The minimum absolute atomic E-state index is 0.0448. The number of ether oxygens (including phenoxy) is 2. The molecule has 0 spiro atoms. The van der Waals surface area contributed by atoms with Gasteiger partial charge in [0.2, 0.25) is 16.9 Å². The lowest BCUT2D eigenvalue weighted by atomic mass is 10.2. The molecule has 4 aromatic rings. The number of para-hydroxylation sites is 1. The predicted octanol–water partition coefficient (Wildman–Crippen LogP) is 5.50. The lowest BCUT2D eigenvalue weighted by Crippen LogP contribution is -2.07. The van der Waals surface area contributed by atoms with Gasteiger partial charge in [0.05, 0.1) is 21.3 Å². The van der Waals surface area contributed by atoms with Crippen LogP contribution in [0.4, 0.5) is 11.4 Å². The molecule has 0 fully saturated rings. The van der Waals surface area contributed by atoms with Crippen molar-refractivity contribution in [2.45, 2.75) is 6.92 Å². The Labute approximate surface area is 179 Å². The zero-order chi connectivity index (χ0) is 22.8. The number of rotatable bonds is 6. The number of non-ortho nitro benzene ring substituents is 1. The molecule has 10 nitrogen and oxygen atoms in total. The van der Waals surface area contributed by atoms with E-state index in [4.69, 9.17) is 13.9 Å². The Kier molecular flexibility index (Phi) is 5.25. The predicted molar refractivity (Wildman–Crippen MR) is 114 cm³/mol. The number of hydrogen-bond acceptors (Lipinski definition) is 8. The first kappa shape index (κ1) is 20.5. The molecule has 0 aliphatic carbocycles. The summed E-state index contributed by atoms with van der Waals surface area (Å²) >= 11 is 0. The van der Waals surface area contributed by atoms with Crippen LogP contribution in [0.25, 0.3) is 11.0 Å². The number of benzene rings is 3. The second kappa shape index (κ2) is 8.19.